The van der Waals surface area contributed by atoms with E-state index < -0.39 is 0 Å². The van der Waals surface area contributed by atoms with Gasteiger partial charge in [0.2, 0.25) is 0 Å². The van der Waals surface area contributed by atoms with Crippen molar-refractivity contribution in [1.82, 2.24) is 4.98 Å². The number of aromatic nitrogens is 1. The summed E-state index contributed by atoms with van der Waals surface area (Å²) in [5, 5.41) is 14.1. The van der Waals surface area contributed by atoms with Crippen LogP contribution in [0.15, 0.2) is 42.6 Å². The summed E-state index contributed by atoms with van der Waals surface area (Å²) in [6.45, 7) is 5.93. The number of phenols is 1. The SMILES string of the molecule is Cc1cc(C)c(NC(=O)c2ccc3cccnc3c2O)c(C)c1. The van der Waals surface area contributed by atoms with E-state index in [2.05, 4.69) is 10.3 Å². The highest BCUT2D eigenvalue weighted by atomic mass is 16.3. The number of nitrogens with one attached hydrogen (secondary N) is 1. The van der Waals surface area contributed by atoms with E-state index in [1.165, 1.54) is 0 Å². The Hall–Kier alpha value is -2.88. The molecule has 0 fully saturated rings. The number of hydrogen-bond acceptors (Lipinski definition) is 3. The van der Waals surface area contributed by atoms with Crippen molar-refractivity contribution >= 4 is 22.5 Å². The van der Waals surface area contributed by atoms with Gasteiger partial charge in [-0.25, -0.2) is 0 Å². The molecule has 3 rings (SSSR count). The maximum absolute atomic E-state index is 12.6. The number of fused-ring (bicyclic) bond motifs is 1. The number of aromatic hydroxyl groups is 1. The summed E-state index contributed by atoms with van der Waals surface area (Å²) < 4.78 is 0. The van der Waals surface area contributed by atoms with Gasteiger partial charge in [-0.05, 0) is 44.0 Å². The first-order chi connectivity index (χ1) is 11.0. The number of carbonyl (C=O) groups excluding carboxylic acids is 1. The number of phenolic OH excluding ortho intramolecular Hbond substituents is 1. The summed E-state index contributed by atoms with van der Waals surface area (Å²) in [4.78, 5) is 16.7. The summed E-state index contributed by atoms with van der Waals surface area (Å²) in [7, 11) is 0. The smallest absolute Gasteiger partial charge is 0.259 e. The number of amides is 1. The Morgan fingerprint density at radius 2 is 1.78 bits per heavy atom. The maximum Gasteiger partial charge on any atom is 0.259 e. The fraction of sp³-hybridized carbons (Fsp3) is 0.158. The fourth-order valence-corrected chi connectivity index (χ4v) is 2.87. The topological polar surface area (TPSA) is 62.2 Å². The van der Waals surface area contributed by atoms with Gasteiger partial charge in [-0.3, -0.25) is 9.78 Å². The third kappa shape index (κ3) is 2.75. The average molecular weight is 306 g/mol. The van der Waals surface area contributed by atoms with E-state index in [0.717, 1.165) is 27.8 Å². The molecule has 1 aromatic heterocycles. The molecule has 4 nitrogen and oxygen atoms in total. The molecule has 0 aliphatic heterocycles. The van der Waals surface area contributed by atoms with Crippen LogP contribution < -0.4 is 5.32 Å². The predicted molar refractivity (Wildman–Crippen MR) is 92.0 cm³/mol. The molecule has 0 bridgehead atoms. The van der Waals surface area contributed by atoms with Gasteiger partial charge in [0.15, 0.2) is 5.75 Å². The Balaban J connectivity index is 2.00. The number of aryl methyl sites for hydroxylation is 3. The van der Waals surface area contributed by atoms with Crippen LogP contribution in [0.2, 0.25) is 0 Å². The summed E-state index contributed by atoms with van der Waals surface area (Å²) in [6, 6.07) is 11.1. The molecule has 1 heterocycles. The highest BCUT2D eigenvalue weighted by molar-refractivity contribution is 6.09. The summed E-state index contributed by atoms with van der Waals surface area (Å²) in [5.41, 5.74) is 4.56. The minimum absolute atomic E-state index is 0.0944. The molecule has 0 saturated carbocycles. The second-order valence-corrected chi connectivity index (χ2v) is 5.76. The van der Waals surface area contributed by atoms with Crippen LogP contribution in [0.4, 0.5) is 5.69 Å². The molecule has 0 aliphatic rings. The van der Waals surface area contributed by atoms with E-state index in [-0.39, 0.29) is 17.2 Å². The maximum atomic E-state index is 12.6. The molecule has 3 aromatic rings. The first kappa shape index (κ1) is 15.0. The van der Waals surface area contributed by atoms with Gasteiger partial charge in [0.1, 0.15) is 5.52 Å². The normalized spacial score (nSPS) is 10.7. The number of benzene rings is 2. The van der Waals surface area contributed by atoms with Crippen molar-refractivity contribution in [3.63, 3.8) is 0 Å². The highest BCUT2D eigenvalue weighted by Crippen LogP contribution is 2.29. The van der Waals surface area contributed by atoms with Crippen LogP contribution in [0, 0.1) is 20.8 Å². The van der Waals surface area contributed by atoms with E-state index in [9.17, 15) is 9.90 Å². The van der Waals surface area contributed by atoms with Crippen molar-refractivity contribution < 1.29 is 9.90 Å². The van der Waals surface area contributed by atoms with Gasteiger partial charge < -0.3 is 10.4 Å². The molecular weight excluding hydrogens is 288 g/mol. The second-order valence-electron chi connectivity index (χ2n) is 5.76. The monoisotopic (exact) mass is 306 g/mol. The average Bonchev–Trinajstić information content (AvgIpc) is 2.51. The second kappa shape index (κ2) is 5.72. The molecule has 2 aromatic carbocycles. The van der Waals surface area contributed by atoms with Crippen molar-refractivity contribution in [1.29, 1.82) is 0 Å². The molecular formula is C19H18N2O2. The van der Waals surface area contributed by atoms with Crippen LogP contribution in [0.3, 0.4) is 0 Å². The molecule has 0 unspecified atom stereocenters. The predicted octanol–water partition coefficient (Wildman–Crippen LogP) is 4.12. The Kier molecular flexibility index (Phi) is 3.74. The fourth-order valence-electron chi connectivity index (χ4n) is 2.87. The van der Waals surface area contributed by atoms with Crippen LogP contribution in [-0.2, 0) is 0 Å². The molecule has 4 heteroatoms. The van der Waals surface area contributed by atoms with E-state index in [4.69, 9.17) is 0 Å². The molecule has 2 N–H and O–H groups in total. The molecule has 0 radical (unpaired) electrons. The van der Waals surface area contributed by atoms with Gasteiger partial charge in [-0.2, -0.15) is 0 Å². The zero-order chi connectivity index (χ0) is 16.6. The molecule has 0 saturated heterocycles. The number of carbonyl (C=O) groups is 1. The number of hydrogen-bond donors (Lipinski definition) is 2. The lowest BCUT2D eigenvalue weighted by Gasteiger charge is -2.14. The standard InChI is InChI=1S/C19H18N2O2/c1-11-9-12(2)16(13(3)10-11)21-19(23)15-7-6-14-5-4-8-20-17(14)18(15)22/h4-10,22H,1-3H3,(H,21,23). The number of anilines is 1. The van der Waals surface area contributed by atoms with Gasteiger partial charge in [-0.1, -0.05) is 29.8 Å². The minimum atomic E-state index is -0.342. The quantitative estimate of drug-likeness (QED) is 0.748. The lowest BCUT2D eigenvalue weighted by atomic mass is 10.0. The number of pyridine rings is 1. The van der Waals surface area contributed by atoms with E-state index >= 15 is 0 Å². The van der Waals surface area contributed by atoms with Crippen molar-refractivity contribution in [3.8, 4) is 5.75 Å². The van der Waals surface area contributed by atoms with E-state index in [1.54, 1.807) is 24.4 Å². The largest absolute Gasteiger partial charge is 0.505 e. The van der Waals surface area contributed by atoms with Crippen LogP contribution in [0.1, 0.15) is 27.0 Å². The summed E-state index contributed by atoms with van der Waals surface area (Å²) in [5.74, 6) is -0.437. The Morgan fingerprint density at radius 3 is 2.48 bits per heavy atom. The van der Waals surface area contributed by atoms with Crippen molar-refractivity contribution in [2.24, 2.45) is 0 Å². The Labute approximate surface area is 134 Å². The van der Waals surface area contributed by atoms with Crippen molar-refractivity contribution in [2.45, 2.75) is 20.8 Å². The lowest BCUT2D eigenvalue weighted by Crippen LogP contribution is -2.14. The first-order valence-electron chi connectivity index (χ1n) is 7.43. The van der Waals surface area contributed by atoms with E-state index in [0.29, 0.717) is 5.52 Å². The van der Waals surface area contributed by atoms with E-state index in [1.807, 2.05) is 39.0 Å². The third-order valence-electron chi connectivity index (χ3n) is 3.91. The lowest BCUT2D eigenvalue weighted by molar-refractivity contribution is 0.102. The minimum Gasteiger partial charge on any atom is -0.505 e. The number of rotatable bonds is 2. The molecule has 0 spiro atoms. The molecule has 0 atom stereocenters. The summed E-state index contributed by atoms with van der Waals surface area (Å²) >= 11 is 0. The van der Waals surface area contributed by atoms with Crippen LogP contribution in [0.25, 0.3) is 10.9 Å². The Bertz CT molecular complexity index is 893. The molecule has 23 heavy (non-hydrogen) atoms. The molecule has 0 aliphatic carbocycles. The van der Waals surface area contributed by atoms with Gasteiger partial charge in [0.25, 0.3) is 5.91 Å². The third-order valence-corrected chi connectivity index (χ3v) is 3.91. The van der Waals surface area contributed by atoms with Crippen LogP contribution >= 0.6 is 0 Å². The van der Waals surface area contributed by atoms with Crippen molar-refractivity contribution in [3.05, 3.63) is 64.8 Å². The van der Waals surface area contributed by atoms with Gasteiger partial charge in [0, 0.05) is 17.3 Å². The van der Waals surface area contributed by atoms with Gasteiger partial charge in [0.05, 0.1) is 5.56 Å². The zero-order valence-electron chi connectivity index (χ0n) is 13.3. The van der Waals surface area contributed by atoms with Crippen LogP contribution in [0.5, 0.6) is 5.75 Å². The van der Waals surface area contributed by atoms with Crippen LogP contribution in [-0.4, -0.2) is 16.0 Å². The highest BCUT2D eigenvalue weighted by Gasteiger charge is 2.16. The zero-order valence-corrected chi connectivity index (χ0v) is 13.3. The first-order valence-corrected chi connectivity index (χ1v) is 7.43. The molecule has 116 valence electrons. The number of nitrogens with zero attached hydrogens (tertiary/aromatic N) is 1. The van der Waals surface area contributed by atoms with Gasteiger partial charge in [-0.15, -0.1) is 0 Å². The molecule has 1 amide bonds. The summed E-state index contributed by atoms with van der Waals surface area (Å²) in [6.07, 6.45) is 1.60. The van der Waals surface area contributed by atoms with Gasteiger partial charge >= 0.3 is 0 Å². The van der Waals surface area contributed by atoms with Crippen molar-refractivity contribution in [2.75, 3.05) is 5.32 Å². The Morgan fingerprint density at radius 1 is 1.09 bits per heavy atom.